The van der Waals surface area contributed by atoms with Crippen molar-refractivity contribution in [2.24, 2.45) is 11.8 Å². The Bertz CT molecular complexity index is 863. The summed E-state index contributed by atoms with van der Waals surface area (Å²) in [6, 6.07) is 7.58. The minimum absolute atomic E-state index is 0.0240. The van der Waals surface area contributed by atoms with E-state index in [1.54, 1.807) is 0 Å². The monoisotopic (exact) mass is 529 g/mol. The van der Waals surface area contributed by atoms with Gasteiger partial charge in [-0.05, 0) is 81.5 Å². The molecule has 1 aromatic carbocycles. The average Bonchev–Trinajstić information content (AvgIpc) is 2.98. The summed E-state index contributed by atoms with van der Waals surface area (Å²) in [6.45, 7) is 13.7. The third-order valence-corrected chi connectivity index (χ3v) is 10.2. The fourth-order valence-electron chi connectivity index (χ4n) is 7.24. The summed E-state index contributed by atoms with van der Waals surface area (Å²) in [5.74, 6) is 1.55. The fraction of sp³-hybridized carbons (Fsp3) is 0.800. The van der Waals surface area contributed by atoms with Crippen molar-refractivity contribution >= 4 is 11.9 Å². The molecule has 0 radical (unpaired) electrons. The van der Waals surface area contributed by atoms with Crippen molar-refractivity contribution < 1.29 is 4.74 Å². The number of ether oxygens (including phenoxy) is 1. The molecule has 6 unspecified atom stereocenters. The molecule has 3 saturated heterocycles. The van der Waals surface area contributed by atoms with Crippen LogP contribution in [-0.4, -0.2) is 72.9 Å². The van der Waals surface area contributed by atoms with Gasteiger partial charge < -0.3 is 9.64 Å². The maximum atomic E-state index is 6.99. The Kier molecular flexibility index (Phi) is 9.55. The number of hydrogen-bond donors (Lipinski definition) is 3. The molecule has 1 saturated carbocycles. The first-order chi connectivity index (χ1) is 17.8. The first-order valence-electron chi connectivity index (χ1n) is 14.9. The van der Waals surface area contributed by atoms with Crippen molar-refractivity contribution in [3.8, 4) is 0 Å². The quantitative estimate of drug-likeness (QED) is 0.485. The predicted octanol–water partition coefficient (Wildman–Crippen LogP) is 4.78. The van der Waals surface area contributed by atoms with E-state index in [0.29, 0.717) is 11.3 Å². The summed E-state index contributed by atoms with van der Waals surface area (Å²) < 4.78 is 10.8. The number of hydrogen-bond acceptors (Lipinski definition) is 7. The second-order valence-corrected chi connectivity index (χ2v) is 13.9. The average molecular weight is 530 g/mol. The van der Waals surface area contributed by atoms with Gasteiger partial charge >= 0.3 is 0 Å². The minimum Gasteiger partial charge on any atom is -0.357 e. The van der Waals surface area contributed by atoms with Crippen LogP contribution < -0.4 is 15.4 Å². The van der Waals surface area contributed by atoms with E-state index in [1.807, 2.05) is 11.9 Å². The first kappa shape index (κ1) is 27.9. The number of rotatable bonds is 4. The third-order valence-electron chi connectivity index (χ3n) is 9.07. The van der Waals surface area contributed by atoms with Gasteiger partial charge in [0.1, 0.15) is 12.5 Å². The van der Waals surface area contributed by atoms with E-state index in [9.17, 15) is 0 Å². The van der Waals surface area contributed by atoms with Crippen molar-refractivity contribution in [1.29, 1.82) is 0 Å². The van der Waals surface area contributed by atoms with Crippen molar-refractivity contribution in [2.45, 2.75) is 109 Å². The van der Waals surface area contributed by atoms with Gasteiger partial charge in [-0.1, -0.05) is 50.4 Å². The smallest absolute Gasteiger partial charge is 0.123 e. The van der Waals surface area contributed by atoms with Crippen LogP contribution >= 0.6 is 11.9 Å². The van der Waals surface area contributed by atoms with Gasteiger partial charge in [0.25, 0.3) is 0 Å². The molecule has 0 spiro atoms. The van der Waals surface area contributed by atoms with Gasteiger partial charge in [-0.3, -0.25) is 15.5 Å². The van der Waals surface area contributed by atoms with Crippen LogP contribution in [0, 0.1) is 25.7 Å². The lowest BCUT2D eigenvalue weighted by Crippen LogP contribution is -2.61. The highest BCUT2D eigenvalue weighted by Crippen LogP contribution is 2.35. The summed E-state index contributed by atoms with van der Waals surface area (Å²) >= 11 is 1.96. The lowest BCUT2D eigenvalue weighted by atomic mass is 9.88. The molecule has 3 N–H and O–H groups in total. The van der Waals surface area contributed by atoms with E-state index in [-0.39, 0.29) is 24.7 Å². The molecule has 0 aromatic heterocycles. The normalized spacial score (nSPS) is 37.8. The second kappa shape index (κ2) is 12.7. The van der Waals surface area contributed by atoms with Crippen LogP contribution in [-0.2, 0) is 4.74 Å². The third kappa shape index (κ3) is 7.30. The zero-order valence-corrected chi connectivity index (χ0v) is 24.7. The van der Waals surface area contributed by atoms with Gasteiger partial charge in [-0.25, -0.2) is 4.72 Å². The molecule has 3 aliphatic heterocycles. The predicted molar refractivity (Wildman–Crippen MR) is 155 cm³/mol. The van der Waals surface area contributed by atoms with E-state index < -0.39 is 0 Å². The number of aryl methyl sites for hydroxylation is 2. The largest absolute Gasteiger partial charge is 0.357 e. The molecule has 1 aliphatic carbocycles. The molecule has 37 heavy (non-hydrogen) atoms. The van der Waals surface area contributed by atoms with Crippen LogP contribution in [0.2, 0.25) is 0 Å². The Balaban J connectivity index is 1.40. The van der Waals surface area contributed by atoms with Gasteiger partial charge in [0, 0.05) is 49.9 Å². The number of nitrogens with one attached hydrogen (secondary N) is 3. The summed E-state index contributed by atoms with van der Waals surface area (Å²) in [5, 5.41) is 8.37. The van der Waals surface area contributed by atoms with Crippen LogP contribution in [0.15, 0.2) is 18.2 Å². The van der Waals surface area contributed by atoms with E-state index in [1.165, 1.54) is 61.8 Å². The molecular weight excluding hydrogens is 478 g/mol. The maximum Gasteiger partial charge on any atom is 0.123 e. The SMILES string of the molecule is Cc1cccc(C)c1C1CC2NC(NSC3CCCC(C3)CN3C[C@@H](CN(C)C[C@@H]3CCC(C)C)O2)N1. The molecule has 6 nitrogen and oxygen atoms in total. The van der Waals surface area contributed by atoms with E-state index in [4.69, 9.17) is 4.74 Å². The maximum absolute atomic E-state index is 6.99. The Labute approximate surface area is 230 Å². The Morgan fingerprint density at radius 1 is 1.03 bits per heavy atom. The number of benzene rings is 1. The number of fused-ring (bicyclic) bond motifs is 6. The standard InChI is InChI=1S/C30H51N5OS/c1-20(2)12-13-24-17-34(5)18-25-19-35(24)16-23-10-7-11-26(14-23)37-33-30-31-27(15-28(32-30)36-25)29-21(3)8-6-9-22(29)4/h6,8-9,20,23-28,30-33H,7,10-19H2,1-5H3/t23?,24-,25+,26?,27?,28?,30?/m0/s1. The highest BCUT2D eigenvalue weighted by molar-refractivity contribution is 7.98. The molecule has 8 atom stereocenters. The summed E-state index contributed by atoms with van der Waals surface area (Å²) in [6.07, 6.45) is 9.20. The molecule has 4 fully saturated rings. The molecular formula is C30H51N5OS. The minimum atomic E-state index is 0.0240. The molecule has 4 aliphatic rings. The zero-order valence-electron chi connectivity index (χ0n) is 23.8. The molecule has 5 rings (SSSR count). The van der Waals surface area contributed by atoms with Crippen molar-refractivity contribution in [3.63, 3.8) is 0 Å². The van der Waals surface area contributed by atoms with Gasteiger partial charge in [-0.15, -0.1) is 0 Å². The topological polar surface area (TPSA) is 51.8 Å². The van der Waals surface area contributed by atoms with Crippen LogP contribution in [0.4, 0.5) is 0 Å². The van der Waals surface area contributed by atoms with Crippen LogP contribution in [0.25, 0.3) is 0 Å². The Morgan fingerprint density at radius 3 is 2.62 bits per heavy atom. The van der Waals surface area contributed by atoms with Crippen molar-refractivity contribution in [1.82, 2.24) is 25.2 Å². The van der Waals surface area contributed by atoms with Gasteiger partial charge in [0.2, 0.25) is 0 Å². The highest BCUT2D eigenvalue weighted by Gasteiger charge is 2.37. The Morgan fingerprint density at radius 2 is 1.84 bits per heavy atom. The molecule has 208 valence electrons. The highest BCUT2D eigenvalue weighted by atomic mass is 32.2. The fourth-order valence-corrected chi connectivity index (χ4v) is 8.36. The summed E-state index contributed by atoms with van der Waals surface area (Å²) in [7, 11) is 2.30. The van der Waals surface area contributed by atoms with Gasteiger partial charge in [-0.2, -0.15) is 0 Å². The van der Waals surface area contributed by atoms with Crippen LogP contribution in [0.3, 0.4) is 0 Å². The van der Waals surface area contributed by atoms with Gasteiger partial charge in [0.15, 0.2) is 0 Å². The zero-order chi connectivity index (χ0) is 25.9. The number of likely N-dealkylation sites (N-methyl/N-ethyl adjacent to an activating group) is 1. The van der Waals surface area contributed by atoms with E-state index in [0.717, 1.165) is 37.9 Å². The van der Waals surface area contributed by atoms with Crippen molar-refractivity contribution in [2.75, 3.05) is 33.2 Å². The summed E-state index contributed by atoms with van der Waals surface area (Å²) in [4.78, 5) is 5.39. The molecule has 6 bridgehead atoms. The summed E-state index contributed by atoms with van der Waals surface area (Å²) in [5.41, 5.74) is 4.17. The van der Waals surface area contributed by atoms with E-state index >= 15 is 0 Å². The van der Waals surface area contributed by atoms with Crippen LogP contribution in [0.5, 0.6) is 0 Å². The Hall–Kier alpha value is -0.670. The van der Waals surface area contributed by atoms with Crippen LogP contribution in [0.1, 0.15) is 81.5 Å². The van der Waals surface area contributed by atoms with Crippen molar-refractivity contribution in [3.05, 3.63) is 34.9 Å². The lowest BCUT2D eigenvalue weighted by molar-refractivity contribution is -0.0758. The molecule has 1 aromatic rings. The number of nitrogens with zero attached hydrogens (tertiary/aromatic N) is 2. The molecule has 3 heterocycles. The lowest BCUT2D eigenvalue weighted by Gasteiger charge is -2.40. The van der Waals surface area contributed by atoms with Gasteiger partial charge in [0.05, 0.1) is 6.10 Å². The molecule has 7 heteroatoms. The first-order valence-corrected chi connectivity index (χ1v) is 15.8. The molecule has 0 amide bonds. The van der Waals surface area contributed by atoms with E-state index in [2.05, 4.69) is 78.1 Å². The second-order valence-electron chi connectivity index (χ2n) is 12.8.